The lowest BCUT2D eigenvalue weighted by atomic mass is 9.90. The largest absolute Gasteiger partial charge is 0.487 e. The van der Waals surface area contributed by atoms with Crippen LogP contribution in [0.25, 0.3) is 10.9 Å². The van der Waals surface area contributed by atoms with Crippen molar-refractivity contribution < 1.29 is 14.3 Å². The normalized spacial score (nSPS) is 19.6. The Morgan fingerprint density at radius 2 is 1.92 bits per heavy atom. The van der Waals surface area contributed by atoms with Gasteiger partial charge in [0.05, 0.1) is 0 Å². The Bertz CT molecular complexity index is 976. The summed E-state index contributed by atoms with van der Waals surface area (Å²) in [5, 5.41) is 0.996. The number of hydrogen-bond donors (Lipinski definition) is 0. The average Bonchev–Trinajstić information content (AvgIpc) is 2.95. The maximum absolute atomic E-state index is 12.1. The van der Waals surface area contributed by atoms with Gasteiger partial charge in [-0.25, -0.2) is 4.79 Å². The molecule has 3 aromatic rings. The number of halogens is 1. The Labute approximate surface area is 159 Å². The summed E-state index contributed by atoms with van der Waals surface area (Å²) in [4.78, 5) is 16.5. The van der Waals surface area contributed by atoms with Crippen LogP contribution in [0.15, 0.2) is 77.4 Å². The molecule has 26 heavy (non-hydrogen) atoms. The van der Waals surface area contributed by atoms with Crippen LogP contribution in [-0.2, 0) is 15.1 Å². The van der Waals surface area contributed by atoms with E-state index >= 15 is 0 Å². The fourth-order valence-electron chi connectivity index (χ4n) is 3.17. The van der Waals surface area contributed by atoms with Crippen LogP contribution in [0.3, 0.4) is 0 Å². The van der Waals surface area contributed by atoms with Crippen molar-refractivity contribution in [2.24, 2.45) is 0 Å². The van der Waals surface area contributed by atoms with Crippen molar-refractivity contribution in [3.8, 4) is 5.75 Å². The van der Waals surface area contributed by atoms with E-state index in [1.807, 2.05) is 54.6 Å². The Morgan fingerprint density at radius 3 is 2.65 bits per heavy atom. The second-order valence-electron chi connectivity index (χ2n) is 6.29. The highest BCUT2D eigenvalue weighted by Gasteiger charge is 2.45. The predicted molar refractivity (Wildman–Crippen MR) is 103 cm³/mol. The number of benzene rings is 2. The number of aromatic nitrogens is 1. The molecular weight excluding hydrogens is 394 g/mol. The number of cyclic esters (lactones) is 1. The molecule has 130 valence electrons. The van der Waals surface area contributed by atoms with Crippen LogP contribution in [-0.4, -0.2) is 17.6 Å². The van der Waals surface area contributed by atoms with Crippen LogP contribution in [0.4, 0.5) is 0 Å². The van der Waals surface area contributed by atoms with E-state index < -0.39 is 5.60 Å². The first kappa shape index (κ1) is 16.8. The van der Waals surface area contributed by atoms with Crippen molar-refractivity contribution in [2.45, 2.75) is 12.0 Å². The molecule has 4 rings (SSSR count). The van der Waals surface area contributed by atoms with Crippen LogP contribution in [0.2, 0.25) is 0 Å². The van der Waals surface area contributed by atoms with E-state index in [2.05, 4.69) is 27.5 Å². The van der Waals surface area contributed by atoms with Crippen molar-refractivity contribution >= 4 is 32.8 Å². The molecule has 0 N–H and O–H groups in total. The van der Waals surface area contributed by atoms with Crippen molar-refractivity contribution in [2.75, 3.05) is 6.61 Å². The molecule has 0 spiro atoms. The molecule has 5 heteroatoms. The molecule has 0 radical (unpaired) electrons. The molecule has 0 bridgehead atoms. The summed E-state index contributed by atoms with van der Waals surface area (Å²) in [5.74, 6) is 0.278. The molecule has 0 aliphatic carbocycles. The molecule has 0 saturated carbocycles. The average molecular weight is 410 g/mol. The van der Waals surface area contributed by atoms with Crippen LogP contribution in [0.1, 0.15) is 12.0 Å². The first-order valence-electron chi connectivity index (χ1n) is 8.21. The number of hydrogen-bond acceptors (Lipinski definition) is 4. The maximum Gasteiger partial charge on any atom is 0.334 e. The number of fused-ring (bicyclic) bond motifs is 1. The van der Waals surface area contributed by atoms with Gasteiger partial charge in [0, 0.05) is 28.0 Å². The highest BCUT2D eigenvalue weighted by Crippen LogP contribution is 2.40. The zero-order chi connectivity index (χ0) is 18.1. The zero-order valence-electron chi connectivity index (χ0n) is 13.9. The van der Waals surface area contributed by atoms with Gasteiger partial charge in [0.2, 0.25) is 0 Å². The van der Waals surface area contributed by atoms with Gasteiger partial charge in [-0.05, 0) is 29.8 Å². The Balaban J connectivity index is 1.68. The lowest BCUT2D eigenvalue weighted by Crippen LogP contribution is -2.33. The van der Waals surface area contributed by atoms with Crippen LogP contribution < -0.4 is 4.74 Å². The van der Waals surface area contributed by atoms with E-state index in [0.29, 0.717) is 17.7 Å². The Kier molecular flexibility index (Phi) is 4.24. The van der Waals surface area contributed by atoms with Crippen molar-refractivity contribution in [3.63, 3.8) is 0 Å². The monoisotopic (exact) mass is 409 g/mol. The van der Waals surface area contributed by atoms with Gasteiger partial charge in [0.1, 0.15) is 17.9 Å². The van der Waals surface area contributed by atoms with Crippen molar-refractivity contribution in [1.82, 2.24) is 4.98 Å². The third-order valence-corrected chi connectivity index (χ3v) is 5.03. The summed E-state index contributed by atoms with van der Waals surface area (Å²) in [6, 6.07) is 17.4. The van der Waals surface area contributed by atoms with E-state index in [4.69, 9.17) is 9.47 Å². The lowest BCUT2D eigenvalue weighted by molar-refractivity contribution is -0.150. The SMILES string of the molecule is C=C1CC(COc2cccc3cccnc23)(c2ccc(Br)cc2)OC1=O. The van der Waals surface area contributed by atoms with E-state index in [1.54, 1.807) is 6.20 Å². The molecule has 0 amide bonds. The predicted octanol–water partition coefficient (Wildman–Crippen LogP) is 4.77. The molecule has 1 aliphatic heterocycles. The quantitative estimate of drug-likeness (QED) is 0.459. The van der Waals surface area contributed by atoms with E-state index in [-0.39, 0.29) is 12.6 Å². The molecule has 1 aliphatic rings. The number of rotatable bonds is 4. The minimum absolute atomic E-state index is 0.190. The van der Waals surface area contributed by atoms with E-state index in [9.17, 15) is 4.79 Å². The summed E-state index contributed by atoms with van der Waals surface area (Å²) in [7, 11) is 0. The highest BCUT2D eigenvalue weighted by molar-refractivity contribution is 9.10. The highest BCUT2D eigenvalue weighted by atomic mass is 79.9. The topological polar surface area (TPSA) is 48.4 Å². The number of esters is 1. The molecule has 1 atom stereocenters. The van der Waals surface area contributed by atoms with E-state index in [0.717, 1.165) is 20.9 Å². The van der Waals surface area contributed by atoms with E-state index in [1.165, 1.54) is 0 Å². The van der Waals surface area contributed by atoms with Gasteiger partial charge < -0.3 is 9.47 Å². The summed E-state index contributed by atoms with van der Waals surface area (Å²) in [6.45, 7) is 4.02. The van der Waals surface area contributed by atoms with Crippen molar-refractivity contribution in [3.05, 3.63) is 83.0 Å². The second-order valence-corrected chi connectivity index (χ2v) is 7.21. The molecule has 2 aromatic carbocycles. The number of carbonyl (C=O) groups is 1. The summed E-state index contributed by atoms with van der Waals surface area (Å²) < 4.78 is 12.8. The van der Waals surface area contributed by atoms with Gasteiger partial charge in [0.25, 0.3) is 0 Å². The third-order valence-electron chi connectivity index (χ3n) is 4.50. The van der Waals surface area contributed by atoms with Gasteiger partial charge in [-0.15, -0.1) is 0 Å². The first-order chi connectivity index (χ1) is 12.6. The number of nitrogens with zero attached hydrogens (tertiary/aromatic N) is 1. The van der Waals surface area contributed by atoms with Crippen LogP contribution in [0, 0.1) is 0 Å². The Morgan fingerprint density at radius 1 is 1.15 bits per heavy atom. The number of carbonyl (C=O) groups excluding carboxylic acids is 1. The summed E-state index contributed by atoms with van der Waals surface area (Å²) in [5.41, 5.74) is 1.23. The second kappa shape index (κ2) is 6.57. The number of ether oxygens (including phenoxy) is 2. The molecule has 1 fully saturated rings. The van der Waals surface area contributed by atoms with Gasteiger partial charge in [0.15, 0.2) is 5.60 Å². The summed E-state index contributed by atoms with van der Waals surface area (Å²) >= 11 is 3.43. The van der Waals surface area contributed by atoms with Gasteiger partial charge in [-0.2, -0.15) is 0 Å². The maximum atomic E-state index is 12.1. The molecule has 1 unspecified atom stereocenters. The van der Waals surface area contributed by atoms with Crippen LogP contribution in [0.5, 0.6) is 5.75 Å². The van der Waals surface area contributed by atoms with Gasteiger partial charge >= 0.3 is 5.97 Å². The fraction of sp³-hybridized carbons (Fsp3) is 0.143. The standard InChI is InChI=1S/C21H16BrNO3/c1-14-12-21(26-20(14)24,16-7-9-17(22)10-8-16)13-25-18-6-2-4-15-5-3-11-23-19(15)18/h2-11H,1,12-13H2. The van der Waals surface area contributed by atoms with Crippen molar-refractivity contribution in [1.29, 1.82) is 0 Å². The Hall–Kier alpha value is -2.66. The zero-order valence-corrected chi connectivity index (χ0v) is 15.5. The molecule has 1 saturated heterocycles. The molecule has 1 aromatic heterocycles. The number of pyridine rings is 1. The minimum atomic E-state index is -0.883. The van der Waals surface area contributed by atoms with Gasteiger partial charge in [-0.1, -0.05) is 52.8 Å². The number of para-hydroxylation sites is 1. The third kappa shape index (κ3) is 2.99. The molecule has 2 heterocycles. The summed E-state index contributed by atoms with van der Waals surface area (Å²) in [6.07, 6.45) is 2.13. The molecule has 4 nitrogen and oxygen atoms in total. The molecular formula is C21H16BrNO3. The smallest absolute Gasteiger partial charge is 0.334 e. The fourth-order valence-corrected chi connectivity index (χ4v) is 3.43. The van der Waals surface area contributed by atoms with Crippen LogP contribution >= 0.6 is 15.9 Å². The lowest BCUT2D eigenvalue weighted by Gasteiger charge is -2.28. The first-order valence-corrected chi connectivity index (χ1v) is 9.00. The minimum Gasteiger partial charge on any atom is -0.487 e. The van der Waals surface area contributed by atoms with Gasteiger partial charge in [-0.3, -0.25) is 4.98 Å².